The van der Waals surface area contributed by atoms with Crippen molar-refractivity contribution in [2.45, 2.75) is 31.5 Å². The van der Waals surface area contributed by atoms with E-state index in [1.807, 2.05) is 47.4 Å². The van der Waals surface area contributed by atoms with Gasteiger partial charge in [0.1, 0.15) is 6.04 Å². The summed E-state index contributed by atoms with van der Waals surface area (Å²) in [7, 11) is 0. The Morgan fingerprint density at radius 1 is 0.947 bits per heavy atom. The molecule has 0 aromatic heterocycles. The number of piperazine rings is 1. The van der Waals surface area contributed by atoms with Crippen molar-refractivity contribution in [3.8, 4) is 0 Å². The molecule has 2 heterocycles. The van der Waals surface area contributed by atoms with Crippen LogP contribution in [0, 0.1) is 0 Å². The van der Waals surface area contributed by atoms with Gasteiger partial charge in [-0.2, -0.15) is 0 Å². The van der Waals surface area contributed by atoms with Gasteiger partial charge in [-0.1, -0.05) is 60.1 Å². The molecule has 196 valence electrons. The predicted octanol–water partition coefficient (Wildman–Crippen LogP) is 3.24. The quantitative estimate of drug-likeness (QED) is 0.458. The zero-order valence-corrected chi connectivity index (χ0v) is 21.9. The molecule has 8 heteroatoms. The summed E-state index contributed by atoms with van der Waals surface area (Å²) in [5.41, 5.74) is 4.79. The highest BCUT2D eigenvalue weighted by Crippen LogP contribution is 2.22. The molecule has 2 atom stereocenters. The molecule has 7 nitrogen and oxygen atoms in total. The Labute approximate surface area is 227 Å². The van der Waals surface area contributed by atoms with Crippen LogP contribution in [0.4, 0.5) is 5.69 Å². The normalized spacial score (nSPS) is 17.9. The van der Waals surface area contributed by atoms with Crippen LogP contribution in [-0.4, -0.2) is 61.3 Å². The lowest BCUT2D eigenvalue weighted by Crippen LogP contribution is -2.58. The van der Waals surface area contributed by atoms with Gasteiger partial charge < -0.3 is 20.4 Å². The number of hydrogen-bond acceptors (Lipinski definition) is 5. The molecule has 3 aromatic rings. The topological polar surface area (TPSA) is 81.8 Å². The van der Waals surface area contributed by atoms with Gasteiger partial charge in [-0.25, -0.2) is 0 Å². The minimum Gasteiger partial charge on any atom is -0.367 e. The average molecular weight is 531 g/mol. The van der Waals surface area contributed by atoms with E-state index in [9.17, 15) is 14.4 Å². The van der Waals surface area contributed by atoms with E-state index in [1.165, 1.54) is 5.56 Å². The molecule has 3 aromatic carbocycles. The van der Waals surface area contributed by atoms with Crippen LogP contribution in [0.2, 0.25) is 5.02 Å². The van der Waals surface area contributed by atoms with Crippen LogP contribution in [0.15, 0.2) is 72.8 Å². The third-order valence-corrected chi connectivity index (χ3v) is 7.61. The third-order valence-electron chi connectivity index (χ3n) is 7.36. The Morgan fingerprint density at radius 3 is 2.37 bits per heavy atom. The van der Waals surface area contributed by atoms with Crippen LogP contribution in [0.25, 0.3) is 0 Å². The number of fused-ring (bicyclic) bond motifs is 1. The second-order valence-corrected chi connectivity index (χ2v) is 10.2. The van der Waals surface area contributed by atoms with Gasteiger partial charge in [-0.3, -0.25) is 14.4 Å². The maximum absolute atomic E-state index is 13.7. The van der Waals surface area contributed by atoms with Crippen molar-refractivity contribution in [3.63, 3.8) is 0 Å². The number of rotatable bonds is 7. The standard InChI is InChI=1S/C30H31ClN4O3/c31-25-11-9-21(10-12-25)17-27(33-29(37)26-18-22-5-1-2-6-23(22)19-32-26)30(38)35-15-13-34(14-16-35)28-8-4-3-7-24(28)20-36/h1-12,20,26-27,32H,13-19H2,(H,33,37)/t26-,27-/m1/s1. The lowest BCUT2D eigenvalue weighted by Gasteiger charge is -2.38. The second kappa shape index (κ2) is 11.8. The van der Waals surface area contributed by atoms with Crippen LogP contribution in [-0.2, 0) is 29.0 Å². The molecule has 0 unspecified atom stereocenters. The lowest BCUT2D eigenvalue weighted by molar-refractivity contribution is -0.137. The number of anilines is 1. The fourth-order valence-corrected chi connectivity index (χ4v) is 5.36. The van der Waals surface area contributed by atoms with Gasteiger partial charge in [-0.15, -0.1) is 0 Å². The third kappa shape index (κ3) is 5.90. The van der Waals surface area contributed by atoms with E-state index in [4.69, 9.17) is 11.6 Å². The summed E-state index contributed by atoms with van der Waals surface area (Å²) in [5, 5.41) is 6.99. The largest absolute Gasteiger partial charge is 0.367 e. The highest BCUT2D eigenvalue weighted by atomic mass is 35.5. The van der Waals surface area contributed by atoms with Crippen molar-refractivity contribution < 1.29 is 14.4 Å². The first-order valence-electron chi connectivity index (χ1n) is 12.9. The Kier molecular flexibility index (Phi) is 8.05. The number of hydrogen-bond donors (Lipinski definition) is 2. The Bertz CT molecular complexity index is 1300. The summed E-state index contributed by atoms with van der Waals surface area (Å²) in [5.74, 6) is -0.279. The van der Waals surface area contributed by atoms with Crippen LogP contribution in [0.3, 0.4) is 0 Å². The van der Waals surface area contributed by atoms with Gasteiger partial charge in [0.15, 0.2) is 6.29 Å². The van der Waals surface area contributed by atoms with E-state index in [-0.39, 0.29) is 11.8 Å². The molecule has 1 saturated heterocycles. The van der Waals surface area contributed by atoms with Crippen LogP contribution < -0.4 is 15.5 Å². The molecular weight excluding hydrogens is 500 g/mol. The van der Waals surface area contributed by atoms with Crippen molar-refractivity contribution >= 4 is 35.4 Å². The maximum atomic E-state index is 13.7. The number of halogens is 1. The van der Waals surface area contributed by atoms with Gasteiger partial charge in [0.05, 0.1) is 6.04 Å². The van der Waals surface area contributed by atoms with E-state index >= 15 is 0 Å². The Hall–Kier alpha value is -3.68. The number of nitrogens with one attached hydrogen (secondary N) is 2. The first-order valence-corrected chi connectivity index (χ1v) is 13.3. The second-order valence-electron chi connectivity index (χ2n) is 9.79. The smallest absolute Gasteiger partial charge is 0.245 e. The van der Waals surface area contributed by atoms with Crippen molar-refractivity contribution in [1.82, 2.24) is 15.5 Å². The molecular formula is C30H31ClN4O3. The van der Waals surface area contributed by atoms with E-state index in [0.717, 1.165) is 23.1 Å². The Morgan fingerprint density at radius 2 is 1.63 bits per heavy atom. The molecule has 0 saturated carbocycles. The van der Waals surface area contributed by atoms with Crippen molar-refractivity contribution in [2.75, 3.05) is 31.1 Å². The Balaban J connectivity index is 1.28. The maximum Gasteiger partial charge on any atom is 0.245 e. The summed E-state index contributed by atoms with van der Waals surface area (Å²) >= 11 is 6.07. The number of carbonyl (C=O) groups is 3. The molecule has 0 aliphatic carbocycles. The van der Waals surface area contributed by atoms with Gasteiger partial charge in [0.2, 0.25) is 11.8 Å². The summed E-state index contributed by atoms with van der Waals surface area (Å²) in [4.78, 5) is 42.5. The molecule has 2 aliphatic rings. The van der Waals surface area contributed by atoms with Crippen molar-refractivity contribution in [3.05, 3.63) is 100 Å². The highest BCUT2D eigenvalue weighted by Gasteiger charge is 2.32. The minimum atomic E-state index is -0.698. The number of benzene rings is 3. The minimum absolute atomic E-state index is 0.104. The SMILES string of the molecule is O=Cc1ccccc1N1CCN(C(=O)[C@@H](Cc2ccc(Cl)cc2)NC(=O)[C@H]2Cc3ccccc3CN2)CC1. The number of nitrogens with zero attached hydrogens (tertiary/aromatic N) is 2. The summed E-state index contributed by atoms with van der Waals surface area (Å²) in [6.07, 6.45) is 1.82. The monoisotopic (exact) mass is 530 g/mol. The first-order chi connectivity index (χ1) is 18.5. The van der Waals surface area contributed by atoms with Crippen LogP contribution in [0.1, 0.15) is 27.0 Å². The van der Waals surface area contributed by atoms with Crippen molar-refractivity contribution in [1.29, 1.82) is 0 Å². The fourth-order valence-electron chi connectivity index (χ4n) is 5.23. The molecule has 5 rings (SSSR count). The van der Waals surface area contributed by atoms with E-state index in [2.05, 4.69) is 27.7 Å². The summed E-state index contributed by atoms with van der Waals surface area (Å²) < 4.78 is 0. The zero-order valence-electron chi connectivity index (χ0n) is 21.1. The van der Waals surface area contributed by atoms with Gasteiger partial charge in [-0.05, 0) is 47.4 Å². The van der Waals surface area contributed by atoms with Crippen molar-refractivity contribution in [2.24, 2.45) is 0 Å². The number of aldehydes is 1. The molecule has 1 fully saturated rings. The van der Waals surface area contributed by atoms with Crippen LogP contribution >= 0.6 is 11.6 Å². The molecule has 0 radical (unpaired) electrons. The fraction of sp³-hybridized carbons (Fsp3) is 0.300. The summed E-state index contributed by atoms with van der Waals surface area (Å²) in [6.45, 7) is 2.86. The number of amides is 2. The van der Waals surface area contributed by atoms with Gasteiger partial charge in [0, 0.05) is 55.4 Å². The van der Waals surface area contributed by atoms with E-state index in [1.54, 1.807) is 18.2 Å². The number of carbonyl (C=O) groups excluding carboxylic acids is 3. The molecule has 2 N–H and O–H groups in total. The highest BCUT2D eigenvalue weighted by molar-refractivity contribution is 6.30. The lowest BCUT2D eigenvalue weighted by atomic mass is 9.95. The van der Waals surface area contributed by atoms with E-state index < -0.39 is 12.1 Å². The number of para-hydroxylation sites is 1. The first kappa shape index (κ1) is 25.9. The average Bonchev–Trinajstić information content (AvgIpc) is 2.97. The molecule has 38 heavy (non-hydrogen) atoms. The van der Waals surface area contributed by atoms with Gasteiger partial charge in [0.25, 0.3) is 0 Å². The van der Waals surface area contributed by atoms with Crippen LogP contribution in [0.5, 0.6) is 0 Å². The summed E-state index contributed by atoms with van der Waals surface area (Å²) in [6, 6.07) is 21.9. The van der Waals surface area contributed by atoms with E-state index in [0.29, 0.717) is 56.2 Å². The predicted molar refractivity (Wildman–Crippen MR) is 148 cm³/mol. The van der Waals surface area contributed by atoms with Gasteiger partial charge >= 0.3 is 0 Å². The molecule has 2 amide bonds. The molecule has 0 bridgehead atoms. The molecule has 0 spiro atoms. The molecule has 2 aliphatic heterocycles. The zero-order chi connectivity index (χ0) is 26.5.